The number of carbonyl (C=O) groups excluding carboxylic acids is 1. The Morgan fingerprint density at radius 3 is 2.70 bits per heavy atom. The highest BCUT2D eigenvalue weighted by molar-refractivity contribution is 7.22. The highest BCUT2D eigenvalue weighted by Crippen LogP contribution is 2.34. The Hall–Kier alpha value is -2.48. The van der Waals surface area contributed by atoms with Crippen molar-refractivity contribution in [2.24, 2.45) is 0 Å². The van der Waals surface area contributed by atoms with Gasteiger partial charge in [-0.1, -0.05) is 35.1 Å². The van der Waals surface area contributed by atoms with Crippen molar-refractivity contribution in [1.82, 2.24) is 4.98 Å². The third-order valence-corrected chi connectivity index (χ3v) is 6.38. The molecule has 0 radical (unpaired) electrons. The standard InChI is InChI=1S/C23H27N3O3S/c1-3-29-19-5-4-6-20-21(19)24-23(30-20)26(12-11-25-13-15-28-16-14-25)22(27)18-9-7-17(2)8-10-18/h4-10H,3,11-16H2,1-2H3/p+1. The van der Waals surface area contributed by atoms with E-state index < -0.39 is 0 Å². The van der Waals surface area contributed by atoms with Crippen LogP contribution in [0.2, 0.25) is 0 Å². The first-order valence-corrected chi connectivity index (χ1v) is 11.3. The molecule has 0 unspecified atom stereocenters. The molecule has 1 N–H and O–H groups in total. The normalized spacial score (nSPS) is 14.7. The smallest absolute Gasteiger partial charge is 0.260 e. The predicted octanol–water partition coefficient (Wildman–Crippen LogP) is 2.57. The highest BCUT2D eigenvalue weighted by Gasteiger charge is 2.24. The van der Waals surface area contributed by atoms with Crippen molar-refractivity contribution in [3.05, 3.63) is 53.6 Å². The van der Waals surface area contributed by atoms with Gasteiger partial charge < -0.3 is 14.4 Å². The van der Waals surface area contributed by atoms with E-state index in [1.165, 1.54) is 16.2 Å². The molecular formula is C23H28N3O3S+. The first-order valence-electron chi connectivity index (χ1n) is 10.5. The topological polar surface area (TPSA) is 56.1 Å². The fourth-order valence-corrected chi connectivity index (χ4v) is 4.62. The Kier molecular flexibility index (Phi) is 6.62. The molecule has 30 heavy (non-hydrogen) atoms. The van der Waals surface area contributed by atoms with Gasteiger partial charge in [-0.15, -0.1) is 0 Å². The van der Waals surface area contributed by atoms with Gasteiger partial charge in [0.25, 0.3) is 5.91 Å². The quantitative estimate of drug-likeness (QED) is 0.631. The van der Waals surface area contributed by atoms with Crippen LogP contribution in [0.15, 0.2) is 42.5 Å². The van der Waals surface area contributed by atoms with Gasteiger partial charge in [0.1, 0.15) is 24.4 Å². The van der Waals surface area contributed by atoms with Crippen LogP contribution in [0.3, 0.4) is 0 Å². The van der Waals surface area contributed by atoms with Crippen molar-refractivity contribution >= 4 is 32.6 Å². The van der Waals surface area contributed by atoms with Crippen LogP contribution in [0.1, 0.15) is 22.8 Å². The summed E-state index contributed by atoms with van der Waals surface area (Å²) in [7, 11) is 0. The van der Waals surface area contributed by atoms with Gasteiger partial charge in [0.2, 0.25) is 0 Å². The van der Waals surface area contributed by atoms with E-state index in [-0.39, 0.29) is 5.91 Å². The van der Waals surface area contributed by atoms with Crippen LogP contribution in [0.5, 0.6) is 5.75 Å². The summed E-state index contributed by atoms with van der Waals surface area (Å²) in [6.45, 7) is 9.56. The molecule has 1 fully saturated rings. The lowest BCUT2D eigenvalue weighted by molar-refractivity contribution is -0.906. The van der Waals surface area contributed by atoms with Crippen LogP contribution < -0.4 is 14.5 Å². The number of thiazole rings is 1. The van der Waals surface area contributed by atoms with E-state index in [0.29, 0.717) is 18.7 Å². The van der Waals surface area contributed by atoms with Crippen LogP contribution in [0.25, 0.3) is 10.2 Å². The molecule has 1 saturated heterocycles. The summed E-state index contributed by atoms with van der Waals surface area (Å²) in [6, 6.07) is 13.7. The van der Waals surface area contributed by atoms with Crippen molar-refractivity contribution in [2.75, 3.05) is 50.9 Å². The molecule has 4 rings (SSSR count). The molecular weight excluding hydrogens is 398 g/mol. The fraction of sp³-hybridized carbons (Fsp3) is 0.391. The molecule has 1 aliphatic rings. The van der Waals surface area contributed by atoms with E-state index in [1.54, 1.807) is 0 Å². The number of para-hydroxylation sites is 1. The third-order valence-electron chi connectivity index (χ3n) is 5.33. The minimum atomic E-state index is -0.0142. The second-order valence-corrected chi connectivity index (χ2v) is 8.48. The minimum absolute atomic E-state index is 0.0142. The molecule has 2 aromatic carbocycles. The largest absolute Gasteiger partial charge is 0.492 e. The Morgan fingerprint density at radius 1 is 1.20 bits per heavy atom. The van der Waals surface area contributed by atoms with Gasteiger partial charge in [0.15, 0.2) is 5.13 Å². The molecule has 1 aromatic heterocycles. The number of rotatable bonds is 7. The number of aromatic nitrogens is 1. The lowest BCUT2D eigenvalue weighted by Gasteiger charge is -2.27. The summed E-state index contributed by atoms with van der Waals surface area (Å²) < 4.78 is 12.2. The molecule has 7 heteroatoms. The van der Waals surface area contributed by atoms with Crippen LogP contribution in [-0.4, -0.2) is 56.9 Å². The van der Waals surface area contributed by atoms with Crippen molar-refractivity contribution in [3.8, 4) is 5.75 Å². The van der Waals surface area contributed by atoms with Crippen molar-refractivity contribution in [3.63, 3.8) is 0 Å². The number of hydrogen-bond donors (Lipinski definition) is 1. The fourth-order valence-electron chi connectivity index (χ4n) is 3.62. The summed E-state index contributed by atoms with van der Waals surface area (Å²) in [4.78, 5) is 21.6. The summed E-state index contributed by atoms with van der Waals surface area (Å²) in [5.74, 6) is 0.749. The van der Waals surface area contributed by atoms with Crippen LogP contribution in [-0.2, 0) is 4.74 Å². The number of morpholine rings is 1. The zero-order valence-electron chi connectivity index (χ0n) is 17.5. The molecule has 0 saturated carbocycles. The zero-order chi connectivity index (χ0) is 20.9. The van der Waals surface area contributed by atoms with Crippen molar-refractivity contribution in [1.29, 1.82) is 0 Å². The predicted molar refractivity (Wildman–Crippen MR) is 120 cm³/mol. The number of aryl methyl sites for hydroxylation is 1. The van der Waals surface area contributed by atoms with E-state index >= 15 is 0 Å². The van der Waals surface area contributed by atoms with Gasteiger partial charge in [0, 0.05) is 5.56 Å². The molecule has 0 atom stereocenters. The molecule has 3 aromatic rings. The Morgan fingerprint density at radius 2 is 1.97 bits per heavy atom. The SMILES string of the molecule is CCOc1cccc2sc(N(CC[NH+]3CCOCC3)C(=O)c3ccc(C)cc3)nc12. The maximum absolute atomic E-state index is 13.4. The summed E-state index contributed by atoms with van der Waals surface area (Å²) in [5.41, 5.74) is 2.64. The van der Waals surface area contributed by atoms with Crippen LogP contribution in [0.4, 0.5) is 5.13 Å². The lowest BCUT2D eigenvalue weighted by Crippen LogP contribution is -3.14. The number of anilines is 1. The van der Waals surface area contributed by atoms with Gasteiger partial charge in [-0.25, -0.2) is 4.98 Å². The first-order chi connectivity index (χ1) is 14.7. The zero-order valence-corrected chi connectivity index (χ0v) is 18.3. The molecule has 1 amide bonds. The molecule has 0 spiro atoms. The molecule has 0 bridgehead atoms. The number of ether oxygens (including phenoxy) is 2. The molecule has 1 aliphatic heterocycles. The number of amides is 1. The maximum Gasteiger partial charge on any atom is 0.260 e. The van der Waals surface area contributed by atoms with Crippen molar-refractivity contribution in [2.45, 2.75) is 13.8 Å². The van der Waals surface area contributed by atoms with E-state index in [2.05, 4.69) is 0 Å². The lowest BCUT2D eigenvalue weighted by atomic mass is 10.1. The van der Waals surface area contributed by atoms with Gasteiger partial charge in [-0.3, -0.25) is 9.69 Å². The van der Waals surface area contributed by atoms with Crippen molar-refractivity contribution < 1.29 is 19.2 Å². The van der Waals surface area contributed by atoms with E-state index in [9.17, 15) is 4.79 Å². The number of carbonyl (C=O) groups is 1. The highest BCUT2D eigenvalue weighted by atomic mass is 32.1. The number of hydrogen-bond acceptors (Lipinski definition) is 5. The van der Waals surface area contributed by atoms with Gasteiger partial charge >= 0.3 is 0 Å². The van der Waals surface area contributed by atoms with E-state index in [0.717, 1.165) is 59.5 Å². The average molecular weight is 427 g/mol. The number of nitrogens with zero attached hydrogens (tertiary/aromatic N) is 2. The number of fused-ring (bicyclic) bond motifs is 1. The summed E-state index contributed by atoms with van der Waals surface area (Å²) in [5, 5.41) is 0.718. The van der Waals surface area contributed by atoms with E-state index in [4.69, 9.17) is 14.5 Å². The number of quaternary nitrogens is 1. The molecule has 6 nitrogen and oxygen atoms in total. The van der Waals surface area contributed by atoms with Crippen LogP contribution >= 0.6 is 11.3 Å². The molecule has 158 valence electrons. The van der Waals surface area contributed by atoms with Gasteiger partial charge in [-0.05, 0) is 38.1 Å². The second kappa shape index (κ2) is 9.55. The average Bonchev–Trinajstić information content (AvgIpc) is 3.20. The Bertz CT molecular complexity index is 997. The van der Waals surface area contributed by atoms with Crippen LogP contribution in [0, 0.1) is 6.92 Å². The number of benzene rings is 2. The number of nitrogens with one attached hydrogen (secondary N) is 1. The molecule has 2 heterocycles. The Labute approximate surface area is 181 Å². The van der Waals surface area contributed by atoms with E-state index in [1.807, 2.05) is 61.2 Å². The monoisotopic (exact) mass is 426 g/mol. The summed E-state index contributed by atoms with van der Waals surface area (Å²) in [6.07, 6.45) is 0. The second-order valence-electron chi connectivity index (χ2n) is 7.47. The molecule has 0 aliphatic carbocycles. The summed E-state index contributed by atoms with van der Waals surface area (Å²) >= 11 is 1.54. The van der Waals surface area contributed by atoms with Gasteiger partial charge in [0.05, 0.1) is 37.6 Å². The van der Waals surface area contributed by atoms with Gasteiger partial charge in [-0.2, -0.15) is 0 Å². The minimum Gasteiger partial charge on any atom is -0.492 e. The maximum atomic E-state index is 13.4. The first kappa shape index (κ1) is 20.8. The Balaban J connectivity index is 1.65. The third kappa shape index (κ3) is 4.64.